The van der Waals surface area contributed by atoms with Gasteiger partial charge in [-0.15, -0.1) is 0 Å². The Labute approximate surface area is 127 Å². The molecule has 0 saturated carbocycles. The van der Waals surface area contributed by atoms with Crippen LogP contribution in [0.5, 0.6) is 11.5 Å². The molecule has 0 saturated heterocycles. The topological polar surface area (TPSA) is 21.3 Å². The van der Waals surface area contributed by atoms with Crippen LogP contribution in [0.4, 0.5) is 4.39 Å². The maximum Gasteiger partial charge on any atom is 0.130 e. The van der Waals surface area contributed by atoms with Gasteiger partial charge in [-0.2, -0.15) is 0 Å². The summed E-state index contributed by atoms with van der Waals surface area (Å²) >= 11 is 3.53. The molecule has 2 nitrogen and oxygen atoms in total. The summed E-state index contributed by atoms with van der Waals surface area (Å²) in [4.78, 5) is 0. The maximum absolute atomic E-state index is 13.1. The second-order valence-corrected chi connectivity index (χ2v) is 5.34. The lowest BCUT2D eigenvalue weighted by Crippen LogP contribution is -2.14. The highest BCUT2D eigenvalue weighted by atomic mass is 79.9. The van der Waals surface area contributed by atoms with Gasteiger partial charge in [-0.25, -0.2) is 4.39 Å². The van der Waals surface area contributed by atoms with E-state index in [-0.39, 0.29) is 5.82 Å². The number of halogens is 2. The molecule has 0 heterocycles. The lowest BCUT2D eigenvalue weighted by atomic mass is 10.2. The first-order valence-corrected chi connectivity index (χ1v) is 7.41. The van der Waals surface area contributed by atoms with Crippen LogP contribution in [-0.2, 0) is 6.54 Å². The molecular weight excluding hydrogens is 321 g/mol. The Morgan fingerprint density at radius 3 is 2.65 bits per heavy atom. The number of benzene rings is 2. The molecule has 2 rings (SSSR count). The van der Waals surface area contributed by atoms with Crippen molar-refractivity contribution in [2.45, 2.75) is 19.9 Å². The normalized spacial score (nSPS) is 10.6. The molecule has 0 aromatic heterocycles. The number of ether oxygens (including phenoxy) is 1. The minimum Gasteiger partial charge on any atom is -0.457 e. The van der Waals surface area contributed by atoms with Gasteiger partial charge < -0.3 is 10.1 Å². The number of rotatable bonds is 6. The van der Waals surface area contributed by atoms with Crippen molar-refractivity contribution in [3.8, 4) is 11.5 Å². The van der Waals surface area contributed by atoms with Crippen molar-refractivity contribution in [3.05, 3.63) is 58.3 Å². The van der Waals surface area contributed by atoms with Crippen molar-refractivity contribution in [2.24, 2.45) is 0 Å². The Morgan fingerprint density at radius 2 is 1.95 bits per heavy atom. The van der Waals surface area contributed by atoms with Crippen molar-refractivity contribution in [1.29, 1.82) is 0 Å². The molecule has 0 spiro atoms. The summed E-state index contributed by atoms with van der Waals surface area (Å²) in [5, 5.41) is 3.35. The van der Waals surface area contributed by atoms with Crippen LogP contribution in [-0.4, -0.2) is 6.54 Å². The van der Waals surface area contributed by atoms with Gasteiger partial charge in [0.05, 0.1) is 0 Å². The largest absolute Gasteiger partial charge is 0.457 e. The Morgan fingerprint density at radius 1 is 1.15 bits per heavy atom. The third-order valence-electron chi connectivity index (χ3n) is 2.80. The first-order valence-electron chi connectivity index (χ1n) is 6.61. The fraction of sp³-hybridized carbons (Fsp3) is 0.250. The molecular formula is C16H17BrFNO. The average molecular weight is 338 g/mol. The molecule has 1 N–H and O–H groups in total. The second-order valence-electron chi connectivity index (χ2n) is 4.49. The second kappa shape index (κ2) is 7.41. The zero-order chi connectivity index (χ0) is 14.4. The molecule has 0 atom stereocenters. The van der Waals surface area contributed by atoms with Crippen LogP contribution in [0.1, 0.15) is 18.9 Å². The molecule has 0 fully saturated rings. The van der Waals surface area contributed by atoms with Crippen LogP contribution < -0.4 is 10.1 Å². The molecule has 0 aliphatic heterocycles. The molecule has 0 unspecified atom stereocenters. The zero-order valence-electron chi connectivity index (χ0n) is 11.3. The maximum atomic E-state index is 13.1. The summed E-state index contributed by atoms with van der Waals surface area (Å²) in [5.41, 5.74) is 1.17. The smallest absolute Gasteiger partial charge is 0.130 e. The standard InChI is InChI=1S/C16H17BrFNO/c1-2-8-19-11-12-6-7-15(10-16(12)17)20-14-5-3-4-13(18)9-14/h3-7,9-10,19H,2,8,11H2,1H3. The minimum atomic E-state index is -0.304. The van der Waals surface area contributed by atoms with Gasteiger partial charge in [0.2, 0.25) is 0 Å². The number of hydrogen-bond donors (Lipinski definition) is 1. The summed E-state index contributed by atoms with van der Waals surface area (Å²) in [6, 6.07) is 11.9. The molecule has 0 aliphatic carbocycles. The quantitative estimate of drug-likeness (QED) is 0.758. The number of hydrogen-bond acceptors (Lipinski definition) is 2. The minimum absolute atomic E-state index is 0.304. The summed E-state index contributed by atoms with van der Waals surface area (Å²) in [7, 11) is 0. The first-order chi connectivity index (χ1) is 9.69. The summed E-state index contributed by atoms with van der Waals surface area (Å²) in [5.74, 6) is 0.873. The van der Waals surface area contributed by atoms with E-state index >= 15 is 0 Å². The van der Waals surface area contributed by atoms with Gasteiger partial charge in [0, 0.05) is 17.1 Å². The Balaban J connectivity index is 2.05. The van der Waals surface area contributed by atoms with Crippen molar-refractivity contribution >= 4 is 15.9 Å². The molecule has 20 heavy (non-hydrogen) atoms. The van der Waals surface area contributed by atoms with E-state index in [4.69, 9.17) is 4.74 Å². The van der Waals surface area contributed by atoms with Crippen molar-refractivity contribution in [2.75, 3.05) is 6.54 Å². The van der Waals surface area contributed by atoms with Crippen LogP contribution in [0.25, 0.3) is 0 Å². The van der Waals surface area contributed by atoms with Crippen LogP contribution in [0.2, 0.25) is 0 Å². The van der Waals surface area contributed by atoms with Crippen molar-refractivity contribution < 1.29 is 9.13 Å². The fourth-order valence-electron chi connectivity index (χ4n) is 1.80. The van der Waals surface area contributed by atoms with E-state index in [1.165, 1.54) is 17.7 Å². The third kappa shape index (κ3) is 4.32. The lowest BCUT2D eigenvalue weighted by Gasteiger charge is -2.10. The summed E-state index contributed by atoms with van der Waals surface area (Å²) in [6.45, 7) is 3.95. The zero-order valence-corrected chi connectivity index (χ0v) is 12.9. The van der Waals surface area contributed by atoms with Crippen LogP contribution in [0, 0.1) is 5.82 Å². The SMILES string of the molecule is CCCNCc1ccc(Oc2cccc(F)c2)cc1Br. The first kappa shape index (κ1) is 15.0. The summed E-state index contributed by atoms with van der Waals surface area (Å²) < 4.78 is 19.7. The average Bonchev–Trinajstić information content (AvgIpc) is 2.41. The molecule has 106 valence electrons. The Kier molecular flexibility index (Phi) is 5.56. The van der Waals surface area contributed by atoms with Gasteiger partial charge in [0.15, 0.2) is 0 Å². The van der Waals surface area contributed by atoms with E-state index in [1.54, 1.807) is 12.1 Å². The van der Waals surface area contributed by atoms with Gasteiger partial charge in [0.25, 0.3) is 0 Å². The highest BCUT2D eigenvalue weighted by Crippen LogP contribution is 2.27. The van der Waals surface area contributed by atoms with Gasteiger partial charge >= 0.3 is 0 Å². The lowest BCUT2D eigenvalue weighted by molar-refractivity contribution is 0.476. The van der Waals surface area contributed by atoms with E-state index in [1.807, 2.05) is 18.2 Å². The van der Waals surface area contributed by atoms with Gasteiger partial charge in [-0.05, 0) is 42.8 Å². The highest BCUT2D eigenvalue weighted by Gasteiger charge is 2.04. The molecule has 0 radical (unpaired) electrons. The molecule has 2 aromatic rings. The van der Waals surface area contributed by atoms with Gasteiger partial charge in [0.1, 0.15) is 17.3 Å². The fourth-order valence-corrected chi connectivity index (χ4v) is 2.30. The van der Waals surface area contributed by atoms with Crippen molar-refractivity contribution in [1.82, 2.24) is 5.32 Å². The van der Waals surface area contributed by atoms with Crippen LogP contribution in [0.15, 0.2) is 46.9 Å². The predicted octanol–water partition coefficient (Wildman–Crippen LogP) is 4.88. The van der Waals surface area contributed by atoms with E-state index in [2.05, 4.69) is 28.2 Å². The van der Waals surface area contributed by atoms with E-state index in [0.717, 1.165) is 24.0 Å². The van der Waals surface area contributed by atoms with Crippen LogP contribution in [0.3, 0.4) is 0 Å². The van der Waals surface area contributed by atoms with E-state index < -0.39 is 0 Å². The molecule has 0 bridgehead atoms. The molecule has 0 aliphatic rings. The van der Waals surface area contributed by atoms with Gasteiger partial charge in [-0.1, -0.05) is 35.0 Å². The molecule has 0 amide bonds. The molecule has 2 aromatic carbocycles. The third-order valence-corrected chi connectivity index (χ3v) is 3.54. The van der Waals surface area contributed by atoms with Crippen molar-refractivity contribution in [3.63, 3.8) is 0 Å². The molecule has 4 heteroatoms. The Hall–Kier alpha value is -1.39. The highest BCUT2D eigenvalue weighted by molar-refractivity contribution is 9.10. The van der Waals surface area contributed by atoms with E-state index in [9.17, 15) is 4.39 Å². The monoisotopic (exact) mass is 337 g/mol. The Bertz CT molecular complexity index is 574. The predicted molar refractivity (Wildman–Crippen MR) is 82.6 cm³/mol. The summed E-state index contributed by atoms with van der Waals surface area (Å²) in [6.07, 6.45) is 1.11. The van der Waals surface area contributed by atoms with E-state index in [0.29, 0.717) is 11.5 Å². The van der Waals surface area contributed by atoms with Crippen LogP contribution >= 0.6 is 15.9 Å². The van der Waals surface area contributed by atoms with Gasteiger partial charge in [-0.3, -0.25) is 0 Å². The number of nitrogens with one attached hydrogen (secondary N) is 1.